The van der Waals surface area contributed by atoms with Gasteiger partial charge < -0.3 is 4.98 Å². The number of imidazole rings is 1. The quantitative estimate of drug-likeness (QED) is 0.681. The molecular weight excluding hydrogens is 351 g/mol. The largest absolute Gasteiger partial charge is 0.335 e. The summed E-state index contributed by atoms with van der Waals surface area (Å²) in [5.74, 6) is 0.749. The first kappa shape index (κ1) is 10.9. The van der Waals surface area contributed by atoms with E-state index in [1.54, 1.807) is 6.20 Å². The van der Waals surface area contributed by atoms with E-state index in [0.29, 0.717) is 5.65 Å². The summed E-state index contributed by atoms with van der Waals surface area (Å²) in [7, 11) is 0. The van der Waals surface area contributed by atoms with Crippen molar-refractivity contribution in [1.82, 2.24) is 19.9 Å². The standard InChI is InChI=1S/C11H6ClIN4/c12-7-3-6(1-2-8(7)13)10-16-9-4-14-5-15-11(9)17-10/h1-5H,(H,14,15,16,17). The van der Waals surface area contributed by atoms with Gasteiger partial charge in [0, 0.05) is 9.13 Å². The lowest BCUT2D eigenvalue weighted by Gasteiger charge is -1.99. The van der Waals surface area contributed by atoms with E-state index in [0.717, 1.165) is 25.5 Å². The Hall–Kier alpha value is -1.21. The number of rotatable bonds is 1. The van der Waals surface area contributed by atoms with Crippen LogP contribution < -0.4 is 0 Å². The highest BCUT2D eigenvalue weighted by Crippen LogP contribution is 2.25. The Bertz CT molecular complexity index is 662. The molecule has 2 heterocycles. The third kappa shape index (κ3) is 2.00. The molecule has 0 saturated heterocycles. The third-order valence-electron chi connectivity index (χ3n) is 2.36. The predicted molar refractivity (Wildman–Crippen MR) is 74.8 cm³/mol. The summed E-state index contributed by atoms with van der Waals surface area (Å²) in [5.41, 5.74) is 2.41. The van der Waals surface area contributed by atoms with Gasteiger partial charge in [-0.2, -0.15) is 0 Å². The molecular formula is C11H6ClIN4. The van der Waals surface area contributed by atoms with Crippen molar-refractivity contribution < 1.29 is 0 Å². The monoisotopic (exact) mass is 356 g/mol. The van der Waals surface area contributed by atoms with Crippen LogP contribution in [0.4, 0.5) is 0 Å². The topological polar surface area (TPSA) is 54.5 Å². The van der Waals surface area contributed by atoms with Crippen LogP contribution in [0, 0.1) is 3.57 Å². The number of nitrogens with one attached hydrogen (secondary N) is 1. The summed E-state index contributed by atoms with van der Waals surface area (Å²) in [5, 5.41) is 0.717. The minimum absolute atomic E-state index is 0.657. The van der Waals surface area contributed by atoms with Gasteiger partial charge in [-0.05, 0) is 34.7 Å². The smallest absolute Gasteiger partial charge is 0.181 e. The molecule has 0 aliphatic rings. The molecule has 1 N–H and O–H groups in total. The first-order chi connectivity index (χ1) is 8.24. The van der Waals surface area contributed by atoms with E-state index in [1.165, 1.54) is 6.33 Å². The van der Waals surface area contributed by atoms with Crippen molar-refractivity contribution >= 4 is 45.4 Å². The average molecular weight is 357 g/mol. The fourth-order valence-electron chi connectivity index (χ4n) is 1.54. The molecule has 2 aromatic heterocycles. The molecule has 0 fully saturated rings. The van der Waals surface area contributed by atoms with E-state index < -0.39 is 0 Å². The van der Waals surface area contributed by atoms with E-state index in [4.69, 9.17) is 11.6 Å². The molecule has 0 unspecified atom stereocenters. The number of hydrogen-bond donors (Lipinski definition) is 1. The molecule has 0 saturated carbocycles. The average Bonchev–Trinajstić information content (AvgIpc) is 2.76. The van der Waals surface area contributed by atoms with E-state index in [-0.39, 0.29) is 0 Å². The van der Waals surface area contributed by atoms with Crippen LogP contribution >= 0.6 is 34.2 Å². The van der Waals surface area contributed by atoms with E-state index in [2.05, 4.69) is 42.5 Å². The maximum atomic E-state index is 6.09. The zero-order chi connectivity index (χ0) is 11.8. The van der Waals surface area contributed by atoms with Crippen LogP contribution in [0.3, 0.4) is 0 Å². The van der Waals surface area contributed by atoms with Crippen LogP contribution in [0.25, 0.3) is 22.6 Å². The van der Waals surface area contributed by atoms with Crippen molar-refractivity contribution in [2.45, 2.75) is 0 Å². The van der Waals surface area contributed by atoms with E-state index >= 15 is 0 Å². The maximum Gasteiger partial charge on any atom is 0.181 e. The van der Waals surface area contributed by atoms with Crippen LogP contribution in [0.1, 0.15) is 0 Å². The first-order valence-corrected chi connectivity index (χ1v) is 6.31. The highest BCUT2D eigenvalue weighted by atomic mass is 127. The summed E-state index contributed by atoms with van der Waals surface area (Å²) < 4.78 is 1.02. The second-order valence-corrected chi connectivity index (χ2v) is 5.04. The molecule has 0 aliphatic heterocycles. The van der Waals surface area contributed by atoms with Gasteiger partial charge in [0.2, 0.25) is 0 Å². The second-order valence-electron chi connectivity index (χ2n) is 3.47. The molecule has 0 bridgehead atoms. The molecule has 3 rings (SSSR count). The van der Waals surface area contributed by atoms with Gasteiger partial charge in [0.15, 0.2) is 5.65 Å². The Balaban J connectivity index is 2.17. The summed E-state index contributed by atoms with van der Waals surface area (Å²) in [6.45, 7) is 0. The second kappa shape index (κ2) is 4.23. The lowest BCUT2D eigenvalue weighted by atomic mass is 10.2. The van der Waals surface area contributed by atoms with Crippen LogP contribution in [-0.4, -0.2) is 19.9 Å². The van der Waals surface area contributed by atoms with Crippen molar-refractivity contribution in [3.63, 3.8) is 0 Å². The number of halogens is 2. The van der Waals surface area contributed by atoms with Crippen molar-refractivity contribution in [3.8, 4) is 11.4 Å². The Kier molecular flexibility index (Phi) is 2.71. The van der Waals surface area contributed by atoms with Crippen LogP contribution in [-0.2, 0) is 0 Å². The van der Waals surface area contributed by atoms with Gasteiger partial charge in [-0.1, -0.05) is 17.7 Å². The summed E-state index contributed by atoms with van der Waals surface area (Å²) in [6.07, 6.45) is 3.18. The van der Waals surface area contributed by atoms with Gasteiger partial charge in [0.1, 0.15) is 17.7 Å². The SMILES string of the molecule is Clc1cc(-c2nc3ncncc3[nH]2)ccc1I. The zero-order valence-corrected chi connectivity index (χ0v) is 11.4. The van der Waals surface area contributed by atoms with Crippen molar-refractivity contribution in [3.05, 3.63) is 39.3 Å². The zero-order valence-electron chi connectivity index (χ0n) is 8.48. The van der Waals surface area contributed by atoms with Gasteiger partial charge in [0.25, 0.3) is 0 Å². The number of aromatic amines is 1. The number of H-pyrrole nitrogens is 1. The van der Waals surface area contributed by atoms with Gasteiger partial charge >= 0.3 is 0 Å². The van der Waals surface area contributed by atoms with Gasteiger partial charge in [-0.25, -0.2) is 15.0 Å². The third-order valence-corrected chi connectivity index (χ3v) is 3.93. The molecule has 6 heteroatoms. The summed E-state index contributed by atoms with van der Waals surface area (Å²) in [6, 6.07) is 5.81. The number of aromatic nitrogens is 4. The normalized spacial score (nSPS) is 10.9. The van der Waals surface area contributed by atoms with Gasteiger partial charge in [-0.3, -0.25) is 0 Å². The van der Waals surface area contributed by atoms with Gasteiger partial charge in [0.05, 0.1) is 11.2 Å². The fraction of sp³-hybridized carbons (Fsp3) is 0. The minimum Gasteiger partial charge on any atom is -0.335 e. The number of hydrogen-bond acceptors (Lipinski definition) is 3. The molecule has 17 heavy (non-hydrogen) atoms. The Labute approximate surface area is 116 Å². The molecule has 4 nitrogen and oxygen atoms in total. The molecule has 0 radical (unpaired) electrons. The summed E-state index contributed by atoms with van der Waals surface area (Å²) in [4.78, 5) is 15.6. The molecule has 0 aliphatic carbocycles. The molecule has 0 spiro atoms. The highest BCUT2D eigenvalue weighted by Gasteiger charge is 2.07. The molecule has 0 amide bonds. The predicted octanol–water partition coefficient (Wildman–Crippen LogP) is 3.28. The minimum atomic E-state index is 0.657. The summed E-state index contributed by atoms with van der Waals surface area (Å²) >= 11 is 8.28. The number of nitrogens with zero attached hydrogens (tertiary/aromatic N) is 3. The van der Waals surface area contributed by atoms with Crippen molar-refractivity contribution in [2.24, 2.45) is 0 Å². The highest BCUT2D eigenvalue weighted by molar-refractivity contribution is 14.1. The van der Waals surface area contributed by atoms with Gasteiger partial charge in [-0.15, -0.1) is 0 Å². The molecule has 1 aromatic carbocycles. The van der Waals surface area contributed by atoms with Crippen molar-refractivity contribution in [2.75, 3.05) is 0 Å². The first-order valence-electron chi connectivity index (χ1n) is 4.85. The van der Waals surface area contributed by atoms with Crippen LogP contribution in [0.2, 0.25) is 5.02 Å². The lowest BCUT2D eigenvalue weighted by Crippen LogP contribution is -1.82. The van der Waals surface area contributed by atoms with Crippen molar-refractivity contribution in [1.29, 1.82) is 0 Å². The molecule has 0 atom stereocenters. The molecule has 84 valence electrons. The molecule has 3 aromatic rings. The Morgan fingerprint density at radius 2 is 2.18 bits per heavy atom. The van der Waals surface area contributed by atoms with E-state index in [1.807, 2.05) is 18.2 Å². The van der Waals surface area contributed by atoms with Crippen LogP contribution in [0.5, 0.6) is 0 Å². The van der Waals surface area contributed by atoms with E-state index in [9.17, 15) is 0 Å². The lowest BCUT2D eigenvalue weighted by molar-refractivity contribution is 1.20. The van der Waals surface area contributed by atoms with Crippen LogP contribution in [0.15, 0.2) is 30.7 Å². The number of benzene rings is 1. The Morgan fingerprint density at radius 3 is 2.94 bits per heavy atom. The fourth-order valence-corrected chi connectivity index (χ4v) is 2.06. The Morgan fingerprint density at radius 1 is 1.29 bits per heavy atom. The number of fused-ring (bicyclic) bond motifs is 1. The maximum absolute atomic E-state index is 6.09.